The summed E-state index contributed by atoms with van der Waals surface area (Å²) in [6.07, 6.45) is 0. The SMILES string of the molecule is COC(=O)c1ccc(-c2ccccc2C#Cc2ccccc2)cc1. The molecule has 116 valence electrons. The Morgan fingerprint density at radius 1 is 0.792 bits per heavy atom. The first-order chi connectivity index (χ1) is 11.8. The molecule has 0 radical (unpaired) electrons. The minimum Gasteiger partial charge on any atom is -0.465 e. The lowest BCUT2D eigenvalue weighted by Gasteiger charge is -2.06. The number of methoxy groups -OCH3 is 1. The summed E-state index contributed by atoms with van der Waals surface area (Å²) in [6.45, 7) is 0. The van der Waals surface area contributed by atoms with Crippen molar-refractivity contribution in [2.24, 2.45) is 0 Å². The molecule has 0 aliphatic rings. The maximum atomic E-state index is 11.5. The minimum atomic E-state index is -0.335. The van der Waals surface area contributed by atoms with E-state index in [1.165, 1.54) is 7.11 Å². The molecule has 0 aromatic heterocycles. The number of carbonyl (C=O) groups is 1. The zero-order valence-corrected chi connectivity index (χ0v) is 13.3. The van der Waals surface area contributed by atoms with Gasteiger partial charge in [-0.25, -0.2) is 4.79 Å². The van der Waals surface area contributed by atoms with Crippen LogP contribution < -0.4 is 0 Å². The summed E-state index contributed by atoms with van der Waals surface area (Å²) >= 11 is 0. The predicted molar refractivity (Wildman–Crippen MR) is 95.6 cm³/mol. The molecule has 0 aliphatic heterocycles. The summed E-state index contributed by atoms with van der Waals surface area (Å²) in [5.41, 5.74) is 4.52. The lowest BCUT2D eigenvalue weighted by atomic mass is 9.98. The molecular weight excluding hydrogens is 296 g/mol. The monoisotopic (exact) mass is 312 g/mol. The van der Waals surface area contributed by atoms with Gasteiger partial charge < -0.3 is 4.74 Å². The predicted octanol–water partition coefficient (Wildman–Crippen LogP) is 4.54. The topological polar surface area (TPSA) is 26.3 Å². The summed E-state index contributed by atoms with van der Waals surface area (Å²) in [7, 11) is 1.38. The molecule has 0 heterocycles. The van der Waals surface area contributed by atoms with Crippen LogP contribution in [0.2, 0.25) is 0 Å². The van der Waals surface area contributed by atoms with E-state index in [-0.39, 0.29) is 5.97 Å². The normalized spacial score (nSPS) is 9.71. The second kappa shape index (κ2) is 7.30. The summed E-state index contributed by atoms with van der Waals surface area (Å²) in [5.74, 6) is 6.09. The number of hydrogen-bond donors (Lipinski definition) is 0. The Hall–Kier alpha value is -3.31. The number of carbonyl (C=O) groups excluding carboxylic acids is 1. The molecule has 0 unspecified atom stereocenters. The number of benzene rings is 3. The third kappa shape index (κ3) is 3.53. The van der Waals surface area contributed by atoms with Crippen molar-refractivity contribution in [1.82, 2.24) is 0 Å². The van der Waals surface area contributed by atoms with Gasteiger partial charge >= 0.3 is 5.97 Å². The third-order valence-electron chi connectivity index (χ3n) is 3.66. The van der Waals surface area contributed by atoms with Gasteiger partial charge in [0, 0.05) is 11.1 Å². The van der Waals surface area contributed by atoms with Crippen molar-refractivity contribution in [2.75, 3.05) is 7.11 Å². The van der Waals surface area contributed by atoms with Crippen LogP contribution >= 0.6 is 0 Å². The van der Waals surface area contributed by atoms with Crippen molar-refractivity contribution in [1.29, 1.82) is 0 Å². The van der Waals surface area contributed by atoms with Gasteiger partial charge in [0.25, 0.3) is 0 Å². The van der Waals surface area contributed by atoms with E-state index in [4.69, 9.17) is 4.74 Å². The molecule has 0 spiro atoms. The van der Waals surface area contributed by atoms with Crippen LogP contribution in [0, 0.1) is 11.8 Å². The molecule has 0 fully saturated rings. The molecule has 2 heteroatoms. The van der Waals surface area contributed by atoms with Gasteiger partial charge in [0.15, 0.2) is 0 Å². The van der Waals surface area contributed by atoms with Gasteiger partial charge in [0.05, 0.1) is 12.7 Å². The van der Waals surface area contributed by atoms with E-state index in [2.05, 4.69) is 11.8 Å². The van der Waals surface area contributed by atoms with Crippen LogP contribution in [-0.2, 0) is 4.74 Å². The molecular formula is C22H16O2. The Morgan fingerprint density at radius 3 is 2.17 bits per heavy atom. The Bertz CT molecular complexity index is 898. The van der Waals surface area contributed by atoms with Crippen LogP contribution in [0.15, 0.2) is 78.9 Å². The molecule has 3 aromatic carbocycles. The van der Waals surface area contributed by atoms with Gasteiger partial charge in [-0.3, -0.25) is 0 Å². The van der Waals surface area contributed by atoms with Crippen LogP contribution in [0.25, 0.3) is 11.1 Å². The molecule has 0 saturated carbocycles. The maximum absolute atomic E-state index is 11.5. The van der Waals surface area contributed by atoms with Gasteiger partial charge in [-0.1, -0.05) is 60.4 Å². The van der Waals surface area contributed by atoms with Crippen LogP contribution in [0.1, 0.15) is 21.5 Å². The second-order valence-corrected chi connectivity index (χ2v) is 5.23. The highest BCUT2D eigenvalue weighted by molar-refractivity contribution is 5.90. The second-order valence-electron chi connectivity index (χ2n) is 5.23. The first kappa shape index (κ1) is 15.6. The minimum absolute atomic E-state index is 0.335. The molecule has 0 aliphatic carbocycles. The van der Waals surface area contributed by atoms with Gasteiger partial charge in [0.2, 0.25) is 0 Å². The Kier molecular flexibility index (Phi) is 4.74. The van der Waals surface area contributed by atoms with Crippen LogP contribution in [0.5, 0.6) is 0 Å². The van der Waals surface area contributed by atoms with E-state index < -0.39 is 0 Å². The highest BCUT2D eigenvalue weighted by atomic mass is 16.5. The van der Waals surface area contributed by atoms with Crippen molar-refractivity contribution in [3.63, 3.8) is 0 Å². The molecule has 0 saturated heterocycles. The largest absolute Gasteiger partial charge is 0.465 e. The number of ether oxygens (including phenoxy) is 1. The zero-order valence-electron chi connectivity index (χ0n) is 13.3. The molecule has 2 nitrogen and oxygen atoms in total. The fourth-order valence-corrected chi connectivity index (χ4v) is 2.41. The van der Waals surface area contributed by atoms with Crippen LogP contribution in [-0.4, -0.2) is 13.1 Å². The zero-order chi connectivity index (χ0) is 16.8. The fourth-order valence-electron chi connectivity index (χ4n) is 2.41. The van der Waals surface area contributed by atoms with Crippen molar-refractivity contribution < 1.29 is 9.53 Å². The van der Waals surface area contributed by atoms with E-state index in [1.807, 2.05) is 66.7 Å². The smallest absolute Gasteiger partial charge is 0.337 e. The molecule has 0 N–H and O–H groups in total. The van der Waals surface area contributed by atoms with E-state index in [9.17, 15) is 4.79 Å². The highest BCUT2D eigenvalue weighted by Crippen LogP contribution is 2.23. The molecule has 3 rings (SSSR count). The van der Waals surface area contributed by atoms with Crippen molar-refractivity contribution >= 4 is 5.97 Å². The maximum Gasteiger partial charge on any atom is 0.337 e. The van der Waals surface area contributed by atoms with Gasteiger partial charge in [-0.2, -0.15) is 0 Å². The Labute approximate surface area is 141 Å². The van der Waals surface area contributed by atoms with E-state index in [0.29, 0.717) is 5.56 Å². The average Bonchev–Trinajstić information content (AvgIpc) is 2.67. The fraction of sp³-hybridized carbons (Fsp3) is 0.0455. The van der Waals surface area contributed by atoms with E-state index >= 15 is 0 Å². The highest BCUT2D eigenvalue weighted by Gasteiger charge is 2.07. The van der Waals surface area contributed by atoms with Gasteiger partial charge in [-0.15, -0.1) is 0 Å². The van der Waals surface area contributed by atoms with Crippen molar-refractivity contribution in [3.05, 3.63) is 95.6 Å². The first-order valence-electron chi connectivity index (χ1n) is 7.63. The lowest BCUT2D eigenvalue weighted by molar-refractivity contribution is 0.0601. The quantitative estimate of drug-likeness (QED) is 0.513. The van der Waals surface area contributed by atoms with Crippen molar-refractivity contribution in [2.45, 2.75) is 0 Å². The summed E-state index contributed by atoms with van der Waals surface area (Å²) in [6, 6.07) is 25.2. The Balaban J connectivity index is 1.95. The summed E-state index contributed by atoms with van der Waals surface area (Å²) in [4.78, 5) is 11.5. The lowest BCUT2D eigenvalue weighted by Crippen LogP contribution is -2.00. The third-order valence-corrected chi connectivity index (χ3v) is 3.66. The number of hydrogen-bond acceptors (Lipinski definition) is 2. The summed E-state index contributed by atoms with van der Waals surface area (Å²) in [5, 5.41) is 0. The standard InChI is InChI=1S/C22H16O2/c1-24-22(23)20-15-13-19(14-16-20)21-10-6-5-9-18(21)12-11-17-7-3-2-4-8-17/h2-10,13-16H,1H3. The van der Waals surface area contributed by atoms with Gasteiger partial charge in [0.1, 0.15) is 0 Å². The Morgan fingerprint density at radius 2 is 1.46 bits per heavy atom. The number of rotatable bonds is 2. The molecule has 0 bridgehead atoms. The summed E-state index contributed by atoms with van der Waals surface area (Å²) < 4.78 is 4.73. The van der Waals surface area contributed by atoms with Crippen LogP contribution in [0.3, 0.4) is 0 Å². The molecule has 24 heavy (non-hydrogen) atoms. The van der Waals surface area contributed by atoms with E-state index in [0.717, 1.165) is 22.3 Å². The van der Waals surface area contributed by atoms with Crippen LogP contribution in [0.4, 0.5) is 0 Å². The van der Waals surface area contributed by atoms with E-state index in [1.54, 1.807) is 12.1 Å². The first-order valence-corrected chi connectivity index (χ1v) is 7.63. The average molecular weight is 312 g/mol. The van der Waals surface area contributed by atoms with Gasteiger partial charge in [-0.05, 0) is 41.5 Å². The van der Waals surface area contributed by atoms with Crippen molar-refractivity contribution in [3.8, 4) is 23.0 Å². The number of esters is 1. The molecule has 3 aromatic rings. The molecule has 0 amide bonds. The molecule has 0 atom stereocenters.